The summed E-state index contributed by atoms with van der Waals surface area (Å²) >= 11 is 0. The topological polar surface area (TPSA) is 20.3 Å². The molecule has 0 saturated heterocycles. The number of carbonyl (C=O) groups excluding carboxylic acids is 1. The Morgan fingerprint density at radius 1 is 1.45 bits per heavy atom. The van der Waals surface area contributed by atoms with Crippen molar-refractivity contribution in [1.29, 1.82) is 0 Å². The smallest absolute Gasteiger partial charge is 0.211 e. The highest BCUT2D eigenvalue weighted by atomic mass is 28.3. The van der Waals surface area contributed by atoms with Gasteiger partial charge in [-0.05, 0) is 6.04 Å². The average molecular weight is 173 g/mol. The first-order valence-corrected chi connectivity index (χ1v) is 7.31. The number of amides is 1. The molecule has 3 heteroatoms. The van der Waals surface area contributed by atoms with E-state index in [1.54, 1.807) is 6.92 Å². The maximum atomic E-state index is 11.0. The second kappa shape index (κ2) is 3.90. The van der Waals surface area contributed by atoms with E-state index in [1.807, 2.05) is 11.6 Å². The summed E-state index contributed by atoms with van der Waals surface area (Å²) in [5, 5.41) is 0. The van der Waals surface area contributed by atoms with Crippen molar-refractivity contribution in [2.75, 3.05) is 7.05 Å². The first-order valence-electron chi connectivity index (χ1n) is 4.16. The summed E-state index contributed by atoms with van der Waals surface area (Å²) in [5.74, 6) is 0.204. The van der Waals surface area contributed by atoms with Crippen molar-refractivity contribution in [1.82, 2.24) is 4.57 Å². The standard InChI is InChI=1S/C8H19NOSi/c1-6-7-11(4,5)9(3)8(2)10/h6-7H2,1-5H3. The van der Waals surface area contributed by atoms with Crippen LogP contribution in [0.4, 0.5) is 0 Å². The van der Waals surface area contributed by atoms with Gasteiger partial charge in [0.05, 0.1) is 0 Å². The number of hydrogen-bond acceptors (Lipinski definition) is 1. The second-order valence-corrected chi connectivity index (χ2v) is 8.44. The van der Waals surface area contributed by atoms with Gasteiger partial charge in [0.25, 0.3) is 0 Å². The quantitative estimate of drug-likeness (QED) is 0.598. The summed E-state index contributed by atoms with van der Waals surface area (Å²) in [6.07, 6.45) is 1.18. The van der Waals surface area contributed by atoms with Crippen molar-refractivity contribution >= 4 is 14.1 Å². The normalized spacial score (nSPS) is 11.4. The van der Waals surface area contributed by atoms with Gasteiger partial charge in [0.1, 0.15) is 0 Å². The van der Waals surface area contributed by atoms with E-state index >= 15 is 0 Å². The molecule has 0 spiro atoms. The molecule has 11 heavy (non-hydrogen) atoms. The molecule has 2 nitrogen and oxygen atoms in total. The van der Waals surface area contributed by atoms with Gasteiger partial charge >= 0.3 is 0 Å². The van der Waals surface area contributed by atoms with Gasteiger partial charge in [-0.2, -0.15) is 0 Å². The predicted octanol–water partition coefficient (Wildman–Crippen LogP) is 2.08. The van der Waals surface area contributed by atoms with Crippen LogP contribution >= 0.6 is 0 Å². The van der Waals surface area contributed by atoms with Crippen molar-refractivity contribution in [3.8, 4) is 0 Å². The Labute approximate surface area is 70.7 Å². The van der Waals surface area contributed by atoms with Gasteiger partial charge < -0.3 is 4.57 Å². The lowest BCUT2D eigenvalue weighted by molar-refractivity contribution is -0.124. The molecule has 66 valence electrons. The molecule has 0 saturated carbocycles. The van der Waals surface area contributed by atoms with E-state index in [4.69, 9.17) is 0 Å². The number of carbonyl (C=O) groups is 1. The van der Waals surface area contributed by atoms with Crippen LogP contribution in [0, 0.1) is 0 Å². The zero-order valence-corrected chi connectivity index (χ0v) is 9.27. The van der Waals surface area contributed by atoms with Crippen molar-refractivity contribution in [3.05, 3.63) is 0 Å². The number of hydrogen-bond donors (Lipinski definition) is 0. The van der Waals surface area contributed by atoms with Crippen LogP contribution < -0.4 is 0 Å². The van der Waals surface area contributed by atoms with Gasteiger partial charge in [-0.1, -0.05) is 26.4 Å². The summed E-state index contributed by atoms with van der Waals surface area (Å²) in [5.41, 5.74) is 0. The summed E-state index contributed by atoms with van der Waals surface area (Å²) in [6, 6.07) is 1.20. The average Bonchev–Trinajstić information content (AvgIpc) is 1.86. The largest absolute Gasteiger partial charge is 0.373 e. The Hall–Kier alpha value is -0.313. The lowest BCUT2D eigenvalue weighted by atomic mass is 10.6. The molecular formula is C8H19NOSi. The molecule has 0 heterocycles. The summed E-state index contributed by atoms with van der Waals surface area (Å²) < 4.78 is 1.94. The van der Waals surface area contributed by atoms with E-state index < -0.39 is 8.24 Å². The third-order valence-corrected chi connectivity index (χ3v) is 6.10. The number of nitrogens with zero attached hydrogens (tertiary/aromatic N) is 1. The van der Waals surface area contributed by atoms with Gasteiger partial charge in [-0.3, -0.25) is 4.79 Å². The molecule has 1 amide bonds. The van der Waals surface area contributed by atoms with Crippen LogP contribution in [0.1, 0.15) is 20.3 Å². The molecule has 0 rings (SSSR count). The fourth-order valence-electron chi connectivity index (χ4n) is 1.21. The number of rotatable bonds is 3. The molecule has 0 radical (unpaired) electrons. The molecule has 0 fully saturated rings. The van der Waals surface area contributed by atoms with Crippen LogP contribution in [0.15, 0.2) is 0 Å². The van der Waals surface area contributed by atoms with Crippen LogP contribution in [0.3, 0.4) is 0 Å². The van der Waals surface area contributed by atoms with E-state index in [2.05, 4.69) is 20.0 Å². The highest BCUT2D eigenvalue weighted by Crippen LogP contribution is 2.15. The molecular weight excluding hydrogens is 154 g/mol. The Morgan fingerprint density at radius 3 is 2.18 bits per heavy atom. The van der Waals surface area contributed by atoms with E-state index in [0.717, 1.165) is 0 Å². The van der Waals surface area contributed by atoms with Crippen LogP contribution in [0.25, 0.3) is 0 Å². The molecule has 0 aliphatic carbocycles. The lowest BCUT2D eigenvalue weighted by Gasteiger charge is -2.32. The van der Waals surface area contributed by atoms with Crippen LogP contribution in [-0.2, 0) is 4.79 Å². The van der Waals surface area contributed by atoms with Crippen LogP contribution in [-0.4, -0.2) is 25.8 Å². The van der Waals surface area contributed by atoms with E-state index in [9.17, 15) is 4.79 Å². The molecule has 0 aliphatic heterocycles. The van der Waals surface area contributed by atoms with Crippen LogP contribution in [0.5, 0.6) is 0 Å². The van der Waals surface area contributed by atoms with Crippen molar-refractivity contribution in [2.45, 2.75) is 39.4 Å². The zero-order chi connectivity index (χ0) is 9.07. The molecule has 0 aromatic heterocycles. The SMILES string of the molecule is CCC[Si](C)(C)N(C)C(C)=O. The second-order valence-electron chi connectivity index (χ2n) is 3.64. The third kappa shape index (κ3) is 3.06. The highest BCUT2D eigenvalue weighted by Gasteiger charge is 2.26. The van der Waals surface area contributed by atoms with Gasteiger partial charge in [0.15, 0.2) is 8.24 Å². The van der Waals surface area contributed by atoms with Gasteiger partial charge in [-0.25, -0.2) is 0 Å². The van der Waals surface area contributed by atoms with E-state index in [0.29, 0.717) is 0 Å². The van der Waals surface area contributed by atoms with Crippen molar-refractivity contribution < 1.29 is 4.79 Å². The molecule has 0 atom stereocenters. The van der Waals surface area contributed by atoms with Crippen molar-refractivity contribution in [2.24, 2.45) is 0 Å². The predicted molar refractivity (Wildman–Crippen MR) is 51.0 cm³/mol. The minimum atomic E-state index is -1.39. The highest BCUT2D eigenvalue weighted by molar-refractivity contribution is 6.76. The Kier molecular flexibility index (Phi) is 3.79. The third-order valence-electron chi connectivity index (χ3n) is 2.24. The molecule has 0 aromatic rings. The minimum Gasteiger partial charge on any atom is -0.373 e. The summed E-state index contributed by atoms with van der Waals surface area (Å²) in [4.78, 5) is 11.0. The fraction of sp³-hybridized carbons (Fsp3) is 0.875. The van der Waals surface area contributed by atoms with Gasteiger partial charge in [0.2, 0.25) is 5.91 Å². The molecule has 0 unspecified atom stereocenters. The van der Waals surface area contributed by atoms with Gasteiger partial charge in [-0.15, -0.1) is 0 Å². The molecule has 0 aromatic carbocycles. The summed E-state index contributed by atoms with van der Waals surface area (Å²) in [7, 11) is 0.535. The Balaban J connectivity index is 4.16. The lowest BCUT2D eigenvalue weighted by Crippen LogP contribution is -2.48. The first-order chi connectivity index (χ1) is 4.91. The van der Waals surface area contributed by atoms with Gasteiger partial charge in [0, 0.05) is 14.0 Å². The van der Waals surface area contributed by atoms with E-state index in [1.165, 1.54) is 12.5 Å². The molecule has 0 bridgehead atoms. The monoisotopic (exact) mass is 173 g/mol. The minimum absolute atomic E-state index is 0.204. The first kappa shape index (κ1) is 10.7. The zero-order valence-electron chi connectivity index (χ0n) is 8.27. The maximum Gasteiger partial charge on any atom is 0.211 e. The summed E-state index contributed by atoms with van der Waals surface area (Å²) in [6.45, 7) is 8.28. The molecule has 0 N–H and O–H groups in total. The molecule has 0 aliphatic rings. The van der Waals surface area contributed by atoms with Crippen LogP contribution in [0.2, 0.25) is 19.1 Å². The Morgan fingerprint density at radius 2 is 1.91 bits per heavy atom. The fourth-order valence-corrected chi connectivity index (χ4v) is 3.62. The maximum absolute atomic E-state index is 11.0. The van der Waals surface area contributed by atoms with E-state index in [-0.39, 0.29) is 5.91 Å². The Bertz CT molecular complexity index is 145. The van der Waals surface area contributed by atoms with Crippen molar-refractivity contribution in [3.63, 3.8) is 0 Å².